The number of rotatable bonds is 4. The van der Waals surface area contributed by atoms with Gasteiger partial charge < -0.3 is 4.57 Å². The molecule has 3 nitrogen and oxygen atoms in total. The van der Waals surface area contributed by atoms with E-state index in [-0.39, 0.29) is 11.2 Å². The van der Waals surface area contributed by atoms with E-state index in [1.54, 1.807) is 13.0 Å². The van der Waals surface area contributed by atoms with E-state index in [4.69, 9.17) is 0 Å². The number of aromatic nitrogens is 1. The number of hydrogen-bond acceptors (Lipinski definition) is 2. The molecule has 0 N–H and O–H groups in total. The Bertz CT molecular complexity index is 1240. The highest BCUT2D eigenvalue weighted by Gasteiger charge is 2.19. The standard InChI is InChI=1S/C26H21NO2/c1-18-25(29)17-24(20-11-5-3-6-12-20)27(26(18)21-13-7-4-8-14-21)23-16-10-9-15-22(23)19(2)28/h3-17H,1-2H3. The lowest BCUT2D eigenvalue weighted by molar-refractivity contribution is 0.101. The second-order valence-corrected chi connectivity index (χ2v) is 7.01. The highest BCUT2D eigenvalue weighted by Crippen LogP contribution is 2.32. The summed E-state index contributed by atoms with van der Waals surface area (Å²) < 4.78 is 2.04. The van der Waals surface area contributed by atoms with Gasteiger partial charge in [0.1, 0.15) is 0 Å². The van der Waals surface area contributed by atoms with Gasteiger partial charge in [0.15, 0.2) is 11.2 Å². The van der Waals surface area contributed by atoms with Crippen LogP contribution in [0.4, 0.5) is 0 Å². The van der Waals surface area contributed by atoms with Gasteiger partial charge in [0, 0.05) is 17.2 Å². The number of hydrogen-bond donors (Lipinski definition) is 0. The number of carbonyl (C=O) groups excluding carboxylic acids is 1. The van der Waals surface area contributed by atoms with Crippen LogP contribution in [0.3, 0.4) is 0 Å². The SMILES string of the molecule is CC(=O)c1ccccc1-n1c(-c2ccccc2)cc(=O)c(C)c1-c1ccccc1. The summed E-state index contributed by atoms with van der Waals surface area (Å²) in [7, 11) is 0. The highest BCUT2D eigenvalue weighted by molar-refractivity contribution is 5.98. The van der Waals surface area contributed by atoms with E-state index in [1.165, 1.54) is 0 Å². The van der Waals surface area contributed by atoms with Crippen LogP contribution in [0.1, 0.15) is 22.8 Å². The molecule has 3 heteroatoms. The van der Waals surface area contributed by atoms with Crippen LogP contribution in [-0.2, 0) is 0 Å². The Morgan fingerprint density at radius 3 is 1.93 bits per heavy atom. The molecule has 0 amide bonds. The molecule has 0 aliphatic rings. The predicted molar refractivity (Wildman–Crippen MR) is 118 cm³/mol. The normalized spacial score (nSPS) is 10.7. The van der Waals surface area contributed by atoms with Crippen LogP contribution in [0, 0.1) is 6.92 Å². The van der Waals surface area contributed by atoms with Gasteiger partial charge in [-0.1, -0.05) is 72.8 Å². The molecular formula is C26H21NO2. The summed E-state index contributed by atoms with van der Waals surface area (Å²) in [4.78, 5) is 25.3. The van der Waals surface area contributed by atoms with Gasteiger partial charge in [0.05, 0.1) is 17.1 Å². The number of carbonyl (C=O) groups is 1. The number of para-hydroxylation sites is 1. The molecule has 1 aromatic heterocycles. The largest absolute Gasteiger partial charge is 0.308 e. The third-order valence-electron chi connectivity index (χ3n) is 5.10. The second-order valence-electron chi connectivity index (χ2n) is 7.01. The topological polar surface area (TPSA) is 39.1 Å². The molecule has 0 spiro atoms. The molecule has 0 saturated carbocycles. The van der Waals surface area contributed by atoms with Gasteiger partial charge in [-0.2, -0.15) is 0 Å². The molecule has 0 unspecified atom stereocenters. The lowest BCUT2D eigenvalue weighted by Crippen LogP contribution is -2.17. The first kappa shape index (κ1) is 18.6. The lowest BCUT2D eigenvalue weighted by atomic mass is 10.00. The van der Waals surface area contributed by atoms with Crippen molar-refractivity contribution in [1.29, 1.82) is 0 Å². The van der Waals surface area contributed by atoms with Gasteiger partial charge in [0.25, 0.3) is 0 Å². The smallest absolute Gasteiger partial charge is 0.185 e. The molecule has 0 radical (unpaired) electrons. The average Bonchev–Trinajstić information content (AvgIpc) is 2.76. The zero-order chi connectivity index (χ0) is 20.4. The Hall–Kier alpha value is -3.72. The van der Waals surface area contributed by atoms with Crippen molar-refractivity contribution in [1.82, 2.24) is 4.57 Å². The van der Waals surface area contributed by atoms with E-state index in [0.717, 1.165) is 28.2 Å². The molecule has 3 aromatic carbocycles. The first-order chi connectivity index (χ1) is 14.1. The molecule has 29 heavy (non-hydrogen) atoms. The summed E-state index contributed by atoms with van der Waals surface area (Å²) in [5, 5.41) is 0. The molecule has 0 saturated heterocycles. The molecule has 0 bridgehead atoms. The monoisotopic (exact) mass is 379 g/mol. The minimum atomic E-state index is -0.0285. The van der Waals surface area contributed by atoms with Gasteiger partial charge in [-0.05, 0) is 37.1 Å². The van der Waals surface area contributed by atoms with E-state index < -0.39 is 0 Å². The molecule has 0 atom stereocenters. The van der Waals surface area contributed by atoms with E-state index in [2.05, 4.69) is 0 Å². The van der Waals surface area contributed by atoms with Gasteiger partial charge in [-0.25, -0.2) is 0 Å². The Balaban J connectivity index is 2.19. The third kappa shape index (κ3) is 3.43. The summed E-state index contributed by atoms with van der Waals surface area (Å²) in [6, 6.07) is 28.8. The maximum Gasteiger partial charge on any atom is 0.185 e. The molecule has 0 fully saturated rings. The minimum Gasteiger partial charge on any atom is -0.308 e. The third-order valence-corrected chi connectivity index (χ3v) is 5.10. The van der Waals surface area contributed by atoms with Crippen LogP contribution in [0.15, 0.2) is 95.8 Å². The van der Waals surface area contributed by atoms with Gasteiger partial charge in [-0.15, -0.1) is 0 Å². The summed E-state index contributed by atoms with van der Waals surface area (Å²) >= 11 is 0. The Labute approximate surface area is 169 Å². The first-order valence-electron chi connectivity index (χ1n) is 9.56. The van der Waals surface area contributed by atoms with Crippen LogP contribution in [0.5, 0.6) is 0 Å². The van der Waals surface area contributed by atoms with Crippen molar-refractivity contribution in [3.05, 3.63) is 112 Å². The van der Waals surface area contributed by atoms with Gasteiger partial charge in [0.2, 0.25) is 0 Å². The van der Waals surface area contributed by atoms with Crippen LogP contribution in [0.2, 0.25) is 0 Å². The predicted octanol–water partition coefficient (Wildman–Crippen LogP) is 5.68. The molecule has 4 rings (SSSR count). The van der Waals surface area contributed by atoms with Crippen LogP contribution in [0.25, 0.3) is 28.2 Å². The summed E-state index contributed by atoms with van der Waals surface area (Å²) in [6.45, 7) is 3.41. The van der Waals surface area contributed by atoms with Crippen molar-refractivity contribution in [2.75, 3.05) is 0 Å². The molecule has 0 aliphatic heterocycles. The van der Waals surface area contributed by atoms with Gasteiger partial charge >= 0.3 is 0 Å². The van der Waals surface area contributed by atoms with Crippen molar-refractivity contribution >= 4 is 5.78 Å². The number of nitrogens with zero attached hydrogens (tertiary/aromatic N) is 1. The molecule has 142 valence electrons. The second kappa shape index (κ2) is 7.72. The van der Waals surface area contributed by atoms with E-state index in [9.17, 15) is 9.59 Å². The molecule has 1 heterocycles. The van der Waals surface area contributed by atoms with Gasteiger partial charge in [-0.3, -0.25) is 9.59 Å². The molecule has 4 aromatic rings. The highest BCUT2D eigenvalue weighted by atomic mass is 16.1. The fourth-order valence-electron chi connectivity index (χ4n) is 3.68. The summed E-state index contributed by atoms with van der Waals surface area (Å²) in [5.74, 6) is -0.0185. The zero-order valence-corrected chi connectivity index (χ0v) is 16.4. The average molecular weight is 379 g/mol. The van der Waals surface area contributed by atoms with E-state index in [1.807, 2.05) is 96.4 Å². The Kier molecular flexibility index (Phi) is 4.96. The fourth-order valence-corrected chi connectivity index (χ4v) is 3.68. The molecule has 0 aliphatic carbocycles. The number of benzene rings is 3. The van der Waals surface area contributed by atoms with Crippen LogP contribution in [-0.4, -0.2) is 10.4 Å². The Morgan fingerprint density at radius 2 is 1.31 bits per heavy atom. The number of pyridine rings is 1. The summed E-state index contributed by atoms with van der Waals surface area (Å²) in [5.41, 5.74) is 5.40. The quantitative estimate of drug-likeness (QED) is 0.428. The van der Waals surface area contributed by atoms with Crippen molar-refractivity contribution in [2.45, 2.75) is 13.8 Å². The fraction of sp³-hybridized carbons (Fsp3) is 0.0769. The van der Waals surface area contributed by atoms with Crippen LogP contribution >= 0.6 is 0 Å². The number of Topliss-reactive ketones (excluding diaryl/α,β-unsaturated/α-hetero) is 1. The van der Waals surface area contributed by atoms with Crippen molar-refractivity contribution in [3.63, 3.8) is 0 Å². The van der Waals surface area contributed by atoms with Crippen LogP contribution < -0.4 is 5.43 Å². The van der Waals surface area contributed by atoms with Crippen molar-refractivity contribution in [3.8, 4) is 28.2 Å². The lowest BCUT2D eigenvalue weighted by Gasteiger charge is -2.23. The maximum atomic E-state index is 12.9. The molecular weight excluding hydrogens is 358 g/mol. The summed E-state index contributed by atoms with van der Waals surface area (Å²) in [6.07, 6.45) is 0. The van der Waals surface area contributed by atoms with E-state index >= 15 is 0 Å². The minimum absolute atomic E-state index is 0.0185. The van der Waals surface area contributed by atoms with E-state index in [0.29, 0.717) is 11.1 Å². The zero-order valence-electron chi connectivity index (χ0n) is 16.4. The Morgan fingerprint density at radius 1 is 0.759 bits per heavy atom. The number of ketones is 1. The van der Waals surface area contributed by atoms with Crippen molar-refractivity contribution < 1.29 is 4.79 Å². The van der Waals surface area contributed by atoms with Crippen molar-refractivity contribution in [2.24, 2.45) is 0 Å². The first-order valence-corrected chi connectivity index (χ1v) is 9.56. The maximum absolute atomic E-state index is 12.9.